The summed E-state index contributed by atoms with van der Waals surface area (Å²) in [6, 6.07) is 0. The molecule has 3 heteroatoms. The van der Waals surface area contributed by atoms with Crippen molar-refractivity contribution in [2.24, 2.45) is 5.92 Å². The Kier molecular flexibility index (Phi) is 3.80. The molecule has 0 atom stereocenters. The van der Waals surface area contributed by atoms with Crippen molar-refractivity contribution >= 4 is 0 Å². The zero-order valence-electron chi connectivity index (χ0n) is 10.5. The third-order valence-corrected chi connectivity index (χ3v) is 3.90. The first kappa shape index (κ1) is 12.9. The summed E-state index contributed by atoms with van der Waals surface area (Å²) >= 11 is 0. The van der Waals surface area contributed by atoms with E-state index < -0.39 is 11.2 Å². The van der Waals surface area contributed by atoms with Crippen LogP contribution in [0.3, 0.4) is 0 Å². The van der Waals surface area contributed by atoms with Gasteiger partial charge in [0.25, 0.3) is 0 Å². The molecule has 0 radical (unpaired) electrons. The zero-order valence-corrected chi connectivity index (χ0v) is 10.5. The Labute approximate surface area is 93.1 Å². The first-order valence-electron chi connectivity index (χ1n) is 6.02. The van der Waals surface area contributed by atoms with Gasteiger partial charge < -0.3 is 10.2 Å². The molecule has 1 aliphatic rings. The number of aliphatic hydroxyl groups is 2. The molecule has 0 unspecified atom stereocenters. The molecule has 1 saturated heterocycles. The van der Waals surface area contributed by atoms with Crippen molar-refractivity contribution in [3.63, 3.8) is 0 Å². The largest absolute Gasteiger partial charge is 0.389 e. The van der Waals surface area contributed by atoms with Crippen molar-refractivity contribution < 1.29 is 10.2 Å². The van der Waals surface area contributed by atoms with Crippen LogP contribution in [0.5, 0.6) is 0 Å². The Morgan fingerprint density at radius 2 is 1.73 bits per heavy atom. The summed E-state index contributed by atoms with van der Waals surface area (Å²) in [7, 11) is 0. The lowest BCUT2D eigenvalue weighted by atomic mass is 9.81. The van der Waals surface area contributed by atoms with Crippen molar-refractivity contribution in [3.05, 3.63) is 0 Å². The maximum atomic E-state index is 10.1. The lowest BCUT2D eigenvalue weighted by Gasteiger charge is -2.51. The van der Waals surface area contributed by atoms with Crippen LogP contribution in [0.4, 0.5) is 0 Å². The molecule has 0 aromatic heterocycles. The molecule has 1 fully saturated rings. The molecule has 0 aliphatic carbocycles. The highest BCUT2D eigenvalue weighted by atomic mass is 16.3. The van der Waals surface area contributed by atoms with Crippen LogP contribution >= 0.6 is 0 Å². The van der Waals surface area contributed by atoms with Crippen LogP contribution in [-0.2, 0) is 0 Å². The van der Waals surface area contributed by atoms with Crippen LogP contribution in [0.15, 0.2) is 0 Å². The van der Waals surface area contributed by atoms with E-state index in [0.717, 1.165) is 12.8 Å². The van der Waals surface area contributed by atoms with E-state index in [-0.39, 0.29) is 0 Å². The minimum absolute atomic E-state index is 0.296. The van der Waals surface area contributed by atoms with E-state index in [9.17, 15) is 10.2 Å². The highest BCUT2D eigenvalue weighted by Crippen LogP contribution is 2.30. The summed E-state index contributed by atoms with van der Waals surface area (Å²) in [6.07, 6.45) is 1.56. The molecule has 1 aliphatic heterocycles. The first-order valence-corrected chi connectivity index (χ1v) is 6.02. The average molecular weight is 215 g/mol. The van der Waals surface area contributed by atoms with E-state index in [1.807, 2.05) is 27.7 Å². The van der Waals surface area contributed by atoms with Gasteiger partial charge in [0.05, 0.1) is 11.2 Å². The second kappa shape index (κ2) is 4.40. The lowest BCUT2D eigenvalue weighted by Crippen LogP contribution is -2.66. The molecular weight excluding hydrogens is 190 g/mol. The second-order valence-electron chi connectivity index (χ2n) is 5.33. The summed E-state index contributed by atoms with van der Waals surface area (Å²) in [5.41, 5.74) is -1.10. The molecule has 2 N–H and O–H groups in total. The van der Waals surface area contributed by atoms with Crippen LogP contribution in [-0.4, -0.2) is 45.9 Å². The predicted molar refractivity (Wildman–Crippen MR) is 61.8 cm³/mol. The van der Waals surface area contributed by atoms with Crippen molar-refractivity contribution in [2.75, 3.05) is 19.6 Å². The Bertz CT molecular complexity index is 206. The van der Waals surface area contributed by atoms with E-state index in [1.54, 1.807) is 0 Å². The normalized spacial score (nSPS) is 21.8. The van der Waals surface area contributed by atoms with Gasteiger partial charge in [0.15, 0.2) is 0 Å². The maximum absolute atomic E-state index is 10.1. The molecule has 0 amide bonds. The Balaban J connectivity index is 2.40. The third-order valence-electron chi connectivity index (χ3n) is 3.90. The Hall–Kier alpha value is -0.120. The highest BCUT2D eigenvalue weighted by Gasteiger charge is 2.45. The van der Waals surface area contributed by atoms with Gasteiger partial charge in [0.2, 0.25) is 0 Å². The quantitative estimate of drug-likeness (QED) is 0.725. The van der Waals surface area contributed by atoms with E-state index in [4.69, 9.17) is 0 Å². The van der Waals surface area contributed by atoms with Gasteiger partial charge in [-0.2, -0.15) is 0 Å². The monoisotopic (exact) mass is 215 g/mol. The van der Waals surface area contributed by atoms with E-state index in [1.165, 1.54) is 0 Å². The number of likely N-dealkylation sites (tertiary alicyclic amines) is 1. The minimum atomic E-state index is -0.571. The average Bonchev–Trinajstić information content (AvgIpc) is 2.14. The van der Waals surface area contributed by atoms with Crippen LogP contribution in [0, 0.1) is 5.92 Å². The Morgan fingerprint density at radius 3 is 2.07 bits per heavy atom. The van der Waals surface area contributed by atoms with E-state index >= 15 is 0 Å². The molecule has 3 nitrogen and oxygen atoms in total. The van der Waals surface area contributed by atoms with Gasteiger partial charge in [-0.3, -0.25) is 4.90 Å². The second-order valence-corrected chi connectivity index (χ2v) is 5.33. The van der Waals surface area contributed by atoms with Gasteiger partial charge in [-0.1, -0.05) is 27.7 Å². The molecule has 90 valence electrons. The topological polar surface area (TPSA) is 43.7 Å². The summed E-state index contributed by atoms with van der Waals surface area (Å²) in [4.78, 5) is 2.15. The van der Waals surface area contributed by atoms with Gasteiger partial charge >= 0.3 is 0 Å². The summed E-state index contributed by atoms with van der Waals surface area (Å²) in [6.45, 7) is 10.2. The zero-order chi connectivity index (χ0) is 11.7. The minimum Gasteiger partial charge on any atom is -0.389 e. The molecule has 0 saturated carbocycles. The molecule has 0 aromatic carbocycles. The number of hydrogen-bond donors (Lipinski definition) is 2. The number of β-amino-alcohol motifs (C(OH)–C–C–N with tert-alkyl or cyclic N) is 2. The van der Waals surface area contributed by atoms with Crippen LogP contribution < -0.4 is 0 Å². The van der Waals surface area contributed by atoms with E-state index in [0.29, 0.717) is 25.6 Å². The van der Waals surface area contributed by atoms with Gasteiger partial charge in [-0.05, 0) is 18.8 Å². The summed E-state index contributed by atoms with van der Waals surface area (Å²) in [5.74, 6) is 0.296. The molecule has 1 rings (SSSR count). The molecule has 0 spiro atoms. The molecular formula is C12H25NO2. The fourth-order valence-corrected chi connectivity index (χ4v) is 2.09. The number of nitrogens with zero attached hydrogens (tertiary/aromatic N) is 1. The first-order chi connectivity index (χ1) is 6.85. The number of hydrogen-bond acceptors (Lipinski definition) is 3. The smallest absolute Gasteiger partial charge is 0.0922 e. The van der Waals surface area contributed by atoms with Crippen LogP contribution in [0.1, 0.15) is 40.5 Å². The van der Waals surface area contributed by atoms with Crippen molar-refractivity contribution in [1.82, 2.24) is 4.90 Å². The van der Waals surface area contributed by atoms with Gasteiger partial charge in [-0.25, -0.2) is 0 Å². The molecule has 1 heterocycles. The fourth-order valence-electron chi connectivity index (χ4n) is 2.09. The van der Waals surface area contributed by atoms with Crippen molar-refractivity contribution in [1.29, 1.82) is 0 Å². The lowest BCUT2D eigenvalue weighted by molar-refractivity contribution is -0.148. The van der Waals surface area contributed by atoms with Crippen LogP contribution in [0.25, 0.3) is 0 Å². The summed E-state index contributed by atoms with van der Waals surface area (Å²) < 4.78 is 0. The standard InChI is InChI=1S/C12H25NO2/c1-5-11(14,6-2)7-13-8-12(15,9-13)10(3)4/h10,14-15H,5-9H2,1-4H3. The third kappa shape index (κ3) is 2.71. The molecule has 0 aromatic rings. The maximum Gasteiger partial charge on any atom is 0.0922 e. The fraction of sp³-hybridized carbons (Fsp3) is 1.00. The Morgan fingerprint density at radius 1 is 1.27 bits per heavy atom. The number of rotatable bonds is 5. The molecule has 15 heavy (non-hydrogen) atoms. The van der Waals surface area contributed by atoms with Gasteiger partial charge in [0.1, 0.15) is 0 Å². The molecule has 0 bridgehead atoms. The van der Waals surface area contributed by atoms with Gasteiger partial charge in [0, 0.05) is 19.6 Å². The van der Waals surface area contributed by atoms with E-state index in [2.05, 4.69) is 4.90 Å². The summed E-state index contributed by atoms with van der Waals surface area (Å²) in [5, 5.41) is 20.2. The van der Waals surface area contributed by atoms with Gasteiger partial charge in [-0.15, -0.1) is 0 Å². The van der Waals surface area contributed by atoms with Crippen molar-refractivity contribution in [2.45, 2.75) is 51.7 Å². The SMILES string of the molecule is CCC(O)(CC)CN1CC(O)(C(C)C)C1. The highest BCUT2D eigenvalue weighted by molar-refractivity contribution is 4.99. The van der Waals surface area contributed by atoms with Crippen molar-refractivity contribution in [3.8, 4) is 0 Å². The van der Waals surface area contributed by atoms with Crippen LogP contribution in [0.2, 0.25) is 0 Å². The predicted octanol–water partition coefficient (Wildman–Crippen LogP) is 1.24.